The third kappa shape index (κ3) is 2.37. The molecular weight excluding hydrogens is 230 g/mol. The van der Waals surface area contributed by atoms with Gasteiger partial charge in [-0.25, -0.2) is 4.98 Å². The summed E-state index contributed by atoms with van der Waals surface area (Å²) in [6.45, 7) is -2.54. The van der Waals surface area contributed by atoms with Crippen LogP contribution in [0.1, 0.15) is 24.9 Å². The molecule has 0 spiro atoms. The number of benzene rings is 2. The van der Waals surface area contributed by atoms with Crippen LogP contribution in [0.15, 0.2) is 48.5 Å². The summed E-state index contributed by atoms with van der Waals surface area (Å²) in [4.78, 5) is 4.55. The normalized spacial score (nSPS) is 16.9. The van der Waals surface area contributed by atoms with Crippen molar-refractivity contribution in [1.29, 1.82) is 0 Å². The highest BCUT2D eigenvalue weighted by molar-refractivity contribution is 5.82. The first-order chi connectivity index (χ1) is 11.5. The van der Waals surface area contributed by atoms with Crippen molar-refractivity contribution in [2.75, 3.05) is 0 Å². The van der Waals surface area contributed by atoms with Crippen LogP contribution >= 0.6 is 0 Å². The van der Waals surface area contributed by atoms with Crippen molar-refractivity contribution in [3.05, 3.63) is 65.2 Å². The Morgan fingerprint density at radius 1 is 0.842 bits per heavy atom. The summed E-state index contributed by atoms with van der Waals surface area (Å²) >= 11 is 0. The van der Waals surface area contributed by atoms with Crippen LogP contribution in [-0.4, -0.2) is 4.98 Å². The summed E-state index contributed by atoms with van der Waals surface area (Å²) in [5.41, 5.74) is 3.22. The lowest BCUT2D eigenvalue weighted by Gasteiger charge is -2.06. The van der Waals surface area contributed by atoms with Gasteiger partial charge in [-0.05, 0) is 50.5 Å². The lowest BCUT2D eigenvalue weighted by Crippen LogP contribution is -1.88. The van der Waals surface area contributed by atoms with E-state index in [0.29, 0.717) is 16.8 Å². The number of aromatic nitrogens is 1. The predicted octanol–water partition coefficient (Wildman–Crippen LogP) is 4.83. The van der Waals surface area contributed by atoms with Gasteiger partial charge in [-0.15, -0.1) is 0 Å². The second-order valence-electron chi connectivity index (χ2n) is 4.69. The molecule has 3 aromatic rings. The minimum atomic E-state index is -2.19. The van der Waals surface area contributed by atoms with Gasteiger partial charge in [0.15, 0.2) is 0 Å². The van der Waals surface area contributed by atoms with Gasteiger partial charge in [0.25, 0.3) is 0 Å². The van der Waals surface area contributed by atoms with Crippen molar-refractivity contribution in [3.8, 4) is 11.3 Å². The molecule has 1 heterocycles. The Kier molecular flexibility index (Phi) is 1.63. The standard InChI is InChI=1S/C18H17N/c1-12-4-5-15-6-7-17(19-18(15)11-12)16-9-13(2)8-14(3)10-16/h4-11H,1-3H3/i1D3,2D3. The van der Waals surface area contributed by atoms with E-state index < -0.39 is 13.7 Å². The highest BCUT2D eigenvalue weighted by Crippen LogP contribution is 2.23. The summed E-state index contributed by atoms with van der Waals surface area (Å²) < 4.78 is 45.4. The van der Waals surface area contributed by atoms with Crippen LogP contribution in [0.2, 0.25) is 0 Å². The average Bonchev–Trinajstić information content (AvgIpc) is 2.51. The zero-order valence-corrected chi connectivity index (χ0v) is 10.6. The van der Waals surface area contributed by atoms with Crippen molar-refractivity contribution < 1.29 is 8.22 Å². The van der Waals surface area contributed by atoms with Gasteiger partial charge in [-0.1, -0.05) is 35.4 Å². The highest BCUT2D eigenvalue weighted by Gasteiger charge is 2.03. The zero-order valence-electron chi connectivity index (χ0n) is 16.6. The van der Waals surface area contributed by atoms with Crippen molar-refractivity contribution in [1.82, 2.24) is 4.98 Å². The van der Waals surface area contributed by atoms with E-state index in [1.807, 2.05) is 25.1 Å². The molecule has 19 heavy (non-hydrogen) atoms. The largest absolute Gasteiger partial charge is 0.248 e. The maximum Gasteiger partial charge on any atom is 0.0712 e. The highest BCUT2D eigenvalue weighted by atomic mass is 14.7. The van der Waals surface area contributed by atoms with Crippen LogP contribution in [0.5, 0.6) is 0 Å². The number of hydrogen-bond acceptors (Lipinski definition) is 1. The predicted molar refractivity (Wildman–Crippen MR) is 81.4 cm³/mol. The number of hydrogen-bond donors (Lipinski definition) is 0. The fourth-order valence-corrected chi connectivity index (χ4v) is 2.21. The van der Waals surface area contributed by atoms with Gasteiger partial charge in [0.2, 0.25) is 0 Å². The number of rotatable bonds is 1. The summed E-state index contributed by atoms with van der Waals surface area (Å²) in [7, 11) is 0. The molecule has 0 aliphatic rings. The molecule has 0 bridgehead atoms. The van der Waals surface area contributed by atoms with E-state index in [2.05, 4.69) is 4.98 Å². The topological polar surface area (TPSA) is 12.9 Å². The molecule has 0 amide bonds. The fourth-order valence-electron chi connectivity index (χ4n) is 2.21. The Balaban J connectivity index is 2.15. The maximum absolute atomic E-state index is 7.61. The number of aryl methyl sites for hydroxylation is 3. The molecule has 1 aromatic heterocycles. The van der Waals surface area contributed by atoms with Crippen molar-refractivity contribution in [2.45, 2.75) is 20.6 Å². The quantitative estimate of drug-likeness (QED) is 0.605. The van der Waals surface area contributed by atoms with E-state index in [1.54, 1.807) is 30.3 Å². The van der Waals surface area contributed by atoms with Gasteiger partial charge in [0, 0.05) is 19.2 Å². The summed E-state index contributed by atoms with van der Waals surface area (Å²) in [5.74, 6) is 0. The Morgan fingerprint density at radius 2 is 1.63 bits per heavy atom. The molecule has 0 aliphatic carbocycles. The molecule has 3 rings (SSSR count). The smallest absolute Gasteiger partial charge is 0.0712 e. The fraction of sp³-hybridized carbons (Fsp3) is 0.167. The molecule has 0 aliphatic heterocycles. The van der Waals surface area contributed by atoms with Crippen LogP contribution in [-0.2, 0) is 0 Å². The van der Waals surface area contributed by atoms with E-state index in [-0.39, 0.29) is 11.1 Å². The van der Waals surface area contributed by atoms with Gasteiger partial charge in [-0.3, -0.25) is 0 Å². The molecule has 0 fully saturated rings. The van der Waals surface area contributed by atoms with Gasteiger partial charge in [0.1, 0.15) is 0 Å². The van der Waals surface area contributed by atoms with E-state index in [0.717, 1.165) is 10.9 Å². The van der Waals surface area contributed by atoms with Crippen LogP contribution in [0.3, 0.4) is 0 Å². The number of pyridine rings is 1. The number of nitrogens with zero attached hydrogens (tertiary/aromatic N) is 1. The van der Waals surface area contributed by atoms with Gasteiger partial charge >= 0.3 is 0 Å². The molecule has 94 valence electrons. The average molecular weight is 253 g/mol. The summed E-state index contributed by atoms with van der Waals surface area (Å²) in [5, 5.41) is 0.834. The molecule has 0 atom stereocenters. The van der Waals surface area contributed by atoms with Gasteiger partial charge in [0.05, 0.1) is 11.2 Å². The lowest BCUT2D eigenvalue weighted by atomic mass is 10.0. The first kappa shape index (κ1) is 6.85. The Morgan fingerprint density at radius 3 is 2.47 bits per heavy atom. The van der Waals surface area contributed by atoms with Gasteiger partial charge < -0.3 is 0 Å². The SMILES string of the molecule is [2H]C([2H])([2H])c1cc(C)cc(-c2ccc3ccc(C([2H])([2H])[2H])cc3n2)c1. The molecule has 0 saturated heterocycles. The molecule has 0 radical (unpaired) electrons. The van der Waals surface area contributed by atoms with E-state index in [9.17, 15) is 0 Å². The van der Waals surface area contributed by atoms with Crippen molar-refractivity contribution in [3.63, 3.8) is 0 Å². The van der Waals surface area contributed by atoms with E-state index in [1.165, 1.54) is 0 Å². The van der Waals surface area contributed by atoms with Gasteiger partial charge in [-0.2, -0.15) is 0 Å². The Labute approximate surface area is 122 Å². The van der Waals surface area contributed by atoms with Crippen LogP contribution in [0.25, 0.3) is 22.2 Å². The molecule has 2 aromatic carbocycles. The van der Waals surface area contributed by atoms with Crippen molar-refractivity contribution >= 4 is 10.9 Å². The Hall–Kier alpha value is -2.15. The minimum absolute atomic E-state index is 0.233. The molecule has 1 nitrogen and oxygen atoms in total. The Bertz CT molecular complexity index is 940. The third-order valence-corrected chi connectivity index (χ3v) is 3.07. The zero-order chi connectivity index (χ0) is 18.4. The summed E-state index contributed by atoms with van der Waals surface area (Å²) in [6.07, 6.45) is 0. The molecular formula is C18H17N. The molecule has 0 N–H and O–H groups in total. The summed E-state index contributed by atoms with van der Waals surface area (Å²) in [6, 6.07) is 13.7. The second kappa shape index (κ2) is 4.51. The monoisotopic (exact) mass is 253 g/mol. The van der Waals surface area contributed by atoms with E-state index >= 15 is 0 Å². The third-order valence-electron chi connectivity index (χ3n) is 3.07. The van der Waals surface area contributed by atoms with Crippen molar-refractivity contribution in [2.24, 2.45) is 0 Å². The molecule has 0 unspecified atom stereocenters. The lowest BCUT2D eigenvalue weighted by molar-refractivity contribution is 1.34. The van der Waals surface area contributed by atoms with Crippen LogP contribution in [0, 0.1) is 20.6 Å². The minimum Gasteiger partial charge on any atom is -0.248 e. The number of fused-ring (bicyclic) bond motifs is 1. The van der Waals surface area contributed by atoms with Crippen LogP contribution < -0.4 is 0 Å². The second-order valence-corrected chi connectivity index (χ2v) is 4.69. The molecule has 0 saturated carbocycles. The molecule has 1 heteroatoms. The van der Waals surface area contributed by atoms with Crippen LogP contribution in [0.4, 0.5) is 0 Å². The van der Waals surface area contributed by atoms with E-state index in [4.69, 9.17) is 8.22 Å². The first-order valence-electron chi connectivity index (χ1n) is 9.08. The maximum atomic E-state index is 7.61. The first-order valence-corrected chi connectivity index (χ1v) is 6.08.